The quantitative estimate of drug-likeness (QED) is 0.904. The topological polar surface area (TPSA) is 80.5 Å². The second-order valence-electron chi connectivity index (χ2n) is 5.13. The minimum Gasteiger partial charge on any atom is -0.368 e. The van der Waals surface area contributed by atoms with Gasteiger partial charge in [-0.1, -0.05) is 18.2 Å². The van der Waals surface area contributed by atoms with Crippen molar-refractivity contribution in [3.05, 3.63) is 35.4 Å². The van der Waals surface area contributed by atoms with E-state index in [0.29, 0.717) is 12.8 Å². The molecule has 1 unspecified atom stereocenters. The molecule has 0 aromatic heterocycles. The molecule has 1 fully saturated rings. The van der Waals surface area contributed by atoms with E-state index in [1.54, 1.807) is 0 Å². The molecule has 1 saturated heterocycles. The Labute approximate surface area is 125 Å². The van der Waals surface area contributed by atoms with Crippen molar-refractivity contribution in [3.63, 3.8) is 0 Å². The Balaban J connectivity index is 2.24. The molecule has 0 aliphatic carbocycles. The van der Waals surface area contributed by atoms with Gasteiger partial charge in [-0.15, -0.1) is 0 Å². The number of primary amides is 1. The molecule has 2 N–H and O–H groups in total. The number of alkyl halides is 3. The fraction of sp³-hybridized carbons (Fsp3) is 0.462. The average Bonchev–Trinajstić information content (AvgIpc) is 2.87. The first kappa shape index (κ1) is 16.8. The number of sulfonamides is 1. The molecule has 0 bridgehead atoms. The highest BCUT2D eigenvalue weighted by Gasteiger charge is 2.38. The largest absolute Gasteiger partial charge is 0.416 e. The number of halogens is 3. The van der Waals surface area contributed by atoms with Gasteiger partial charge >= 0.3 is 6.18 Å². The fourth-order valence-corrected chi connectivity index (χ4v) is 4.26. The van der Waals surface area contributed by atoms with Crippen LogP contribution in [0.25, 0.3) is 0 Å². The van der Waals surface area contributed by atoms with Crippen molar-refractivity contribution < 1.29 is 26.4 Å². The van der Waals surface area contributed by atoms with E-state index < -0.39 is 39.5 Å². The van der Waals surface area contributed by atoms with Crippen LogP contribution in [0.4, 0.5) is 13.2 Å². The summed E-state index contributed by atoms with van der Waals surface area (Å²) in [5.74, 6) is -1.34. The summed E-state index contributed by atoms with van der Waals surface area (Å²) in [6.07, 6.45) is -3.71. The average molecular weight is 336 g/mol. The van der Waals surface area contributed by atoms with Crippen LogP contribution in [0.5, 0.6) is 0 Å². The molecule has 0 radical (unpaired) electrons. The molecule has 1 atom stereocenters. The zero-order valence-corrected chi connectivity index (χ0v) is 12.3. The molecule has 1 aliphatic heterocycles. The van der Waals surface area contributed by atoms with Crippen LogP contribution in [0.1, 0.15) is 24.0 Å². The van der Waals surface area contributed by atoms with Gasteiger partial charge in [0.15, 0.2) is 0 Å². The Morgan fingerprint density at radius 1 is 1.36 bits per heavy atom. The molecule has 1 aliphatic rings. The highest BCUT2D eigenvalue weighted by molar-refractivity contribution is 7.88. The minimum absolute atomic E-state index is 0.0185. The van der Waals surface area contributed by atoms with Crippen LogP contribution < -0.4 is 5.73 Å². The van der Waals surface area contributed by atoms with Crippen LogP contribution in [0.2, 0.25) is 0 Å². The lowest BCUT2D eigenvalue weighted by molar-refractivity contribution is -0.137. The number of carbonyl (C=O) groups excluding carboxylic acids is 1. The Kier molecular flexibility index (Phi) is 4.48. The van der Waals surface area contributed by atoms with Crippen molar-refractivity contribution in [2.45, 2.75) is 30.8 Å². The summed E-state index contributed by atoms with van der Waals surface area (Å²) < 4.78 is 63.6. The number of hydrogen-bond acceptors (Lipinski definition) is 3. The minimum atomic E-state index is -4.54. The number of carbonyl (C=O) groups is 1. The van der Waals surface area contributed by atoms with E-state index in [2.05, 4.69) is 0 Å². The van der Waals surface area contributed by atoms with Crippen LogP contribution in [0, 0.1) is 0 Å². The molecule has 0 spiro atoms. The maximum absolute atomic E-state index is 12.6. The molecule has 1 amide bonds. The normalized spacial score (nSPS) is 20.2. The van der Waals surface area contributed by atoms with Crippen molar-refractivity contribution in [3.8, 4) is 0 Å². The van der Waals surface area contributed by atoms with E-state index in [9.17, 15) is 26.4 Å². The molecule has 1 aromatic rings. The molecule has 9 heteroatoms. The SMILES string of the molecule is NC(=O)C1CCCN1S(=O)(=O)Cc1cccc(C(F)(F)F)c1. The lowest BCUT2D eigenvalue weighted by Crippen LogP contribution is -2.44. The number of benzene rings is 1. The molecule has 2 rings (SSSR count). The van der Waals surface area contributed by atoms with Gasteiger partial charge in [0.1, 0.15) is 6.04 Å². The van der Waals surface area contributed by atoms with Crippen molar-refractivity contribution in [1.82, 2.24) is 4.31 Å². The van der Waals surface area contributed by atoms with Gasteiger partial charge in [-0.3, -0.25) is 4.79 Å². The smallest absolute Gasteiger partial charge is 0.368 e. The van der Waals surface area contributed by atoms with Crippen LogP contribution >= 0.6 is 0 Å². The van der Waals surface area contributed by atoms with Crippen molar-refractivity contribution in [2.24, 2.45) is 5.73 Å². The summed E-state index contributed by atoms with van der Waals surface area (Å²) in [7, 11) is -3.90. The molecule has 5 nitrogen and oxygen atoms in total. The molecular formula is C13H15F3N2O3S. The van der Waals surface area contributed by atoms with Gasteiger partial charge in [-0.25, -0.2) is 8.42 Å². The second kappa shape index (κ2) is 5.88. The number of hydrogen-bond donors (Lipinski definition) is 1. The Morgan fingerprint density at radius 3 is 2.64 bits per heavy atom. The predicted octanol–water partition coefficient (Wildman–Crippen LogP) is 1.48. The molecule has 1 aromatic carbocycles. The summed E-state index contributed by atoms with van der Waals surface area (Å²) in [6, 6.07) is 3.21. The summed E-state index contributed by atoms with van der Waals surface area (Å²) >= 11 is 0. The second-order valence-corrected chi connectivity index (χ2v) is 7.05. The molecular weight excluding hydrogens is 321 g/mol. The van der Waals surface area contributed by atoms with E-state index in [1.807, 2.05) is 0 Å². The highest BCUT2D eigenvalue weighted by atomic mass is 32.2. The first-order valence-corrected chi connectivity index (χ1v) is 8.17. The summed E-state index contributed by atoms with van der Waals surface area (Å²) in [5, 5.41) is 0. The lowest BCUT2D eigenvalue weighted by Gasteiger charge is -2.21. The fourth-order valence-electron chi connectivity index (χ4n) is 2.49. The zero-order chi connectivity index (χ0) is 16.5. The van der Waals surface area contributed by atoms with E-state index >= 15 is 0 Å². The highest BCUT2D eigenvalue weighted by Crippen LogP contribution is 2.30. The first-order valence-electron chi connectivity index (χ1n) is 6.56. The van der Waals surface area contributed by atoms with Gasteiger partial charge in [0.25, 0.3) is 0 Å². The lowest BCUT2D eigenvalue weighted by atomic mass is 10.1. The predicted molar refractivity (Wildman–Crippen MR) is 73.0 cm³/mol. The first-order chi connectivity index (χ1) is 10.1. The third-order valence-corrected chi connectivity index (χ3v) is 5.34. The van der Waals surface area contributed by atoms with Gasteiger partial charge in [-0.2, -0.15) is 17.5 Å². The van der Waals surface area contributed by atoms with Gasteiger partial charge in [0, 0.05) is 6.54 Å². The van der Waals surface area contributed by atoms with E-state index in [1.165, 1.54) is 6.07 Å². The van der Waals surface area contributed by atoms with E-state index in [0.717, 1.165) is 22.5 Å². The van der Waals surface area contributed by atoms with Crippen molar-refractivity contribution in [1.29, 1.82) is 0 Å². The van der Waals surface area contributed by atoms with Crippen molar-refractivity contribution in [2.75, 3.05) is 6.54 Å². The molecule has 22 heavy (non-hydrogen) atoms. The van der Waals surface area contributed by atoms with Gasteiger partial charge in [0.05, 0.1) is 11.3 Å². The van der Waals surface area contributed by atoms with Gasteiger partial charge in [0.2, 0.25) is 15.9 Å². The Bertz CT molecular complexity index is 673. The molecule has 122 valence electrons. The maximum Gasteiger partial charge on any atom is 0.416 e. The monoisotopic (exact) mass is 336 g/mol. The van der Waals surface area contributed by atoms with Crippen LogP contribution in [-0.2, 0) is 26.7 Å². The summed E-state index contributed by atoms with van der Waals surface area (Å²) in [4.78, 5) is 11.3. The number of nitrogens with zero attached hydrogens (tertiary/aromatic N) is 1. The summed E-state index contributed by atoms with van der Waals surface area (Å²) in [5.41, 5.74) is 4.27. The zero-order valence-electron chi connectivity index (χ0n) is 11.5. The Hall–Kier alpha value is -1.61. The van der Waals surface area contributed by atoms with Crippen LogP contribution in [-0.4, -0.2) is 31.2 Å². The number of nitrogens with two attached hydrogens (primary N) is 1. The standard InChI is InChI=1S/C13H15F3N2O3S/c14-13(15,16)10-4-1-3-9(7-10)8-22(20,21)18-6-2-5-11(18)12(17)19/h1,3-4,7,11H,2,5-6,8H2,(H2,17,19). The van der Waals surface area contributed by atoms with Crippen LogP contribution in [0.3, 0.4) is 0 Å². The summed E-state index contributed by atoms with van der Waals surface area (Å²) in [6.45, 7) is 0.148. The number of rotatable bonds is 4. The van der Waals surface area contributed by atoms with Crippen molar-refractivity contribution >= 4 is 15.9 Å². The molecule has 0 saturated carbocycles. The molecule has 1 heterocycles. The van der Waals surface area contributed by atoms with E-state index in [-0.39, 0.29) is 12.1 Å². The van der Waals surface area contributed by atoms with Crippen LogP contribution in [0.15, 0.2) is 24.3 Å². The third kappa shape index (κ3) is 3.58. The van der Waals surface area contributed by atoms with Gasteiger partial charge < -0.3 is 5.73 Å². The number of amides is 1. The van der Waals surface area contributed by atoms with E-state index in [4.69, 9.17) is 5.73 Å². The Morgan fingerprint density at radius 2 is 2.05 bits per heavy atom. The maximum atomic E-state index is 12.6. The third-order valence-electron chi connectivity index (χ3n) is 3.49. The van der Waals surface area contributed by atoms with Gasteiger partial charge in [-0.05, 0) is 24.5 Å².